The van der Waals surface area contributed by atoms with Crippen LogP contribution in [0.3, 0.4) is 0 Å². The van der Waals surface area contributed by atoms with Crippen LogP contribution in [-0.2, 0) is 11.3 Å². The van der Waals surface area contributed by atoms with Crippen molar-refractivity contribution >= 4 is 22.6 Å². The van der Waals surface area contributed by atoms with Crippen molar-refractivity contribution in [2.75, 3.05) is 20.8 Å². The van der Waals surface area contributed by atoms with Crippen molar-refractivity contribution in [2.45, 2.75) is 13.0 Å². The number of methoxy groups -OCH3 is 2. The molecule has 0 aliphatic heterocycles. The molecule has 6 nitrogen and oxygen atoms in total. The molecule has 0 radical (unpaired) electrons. The summed E-state index contributed by atoms with van der Waals surface area (Å²) in [5.41, 5.74) is 1.55. The van der Waals surface area contributed by atoms with E-state index in [0.717, 1.165) is 16.7 Å². The van der Waals surface area contributed by atoms with Crippen LogP contribution in [0.5, 0.6) is 11.5 Å². The van der Waals surface area contributed by atoms with Gasteiger partial charge in [-0.3, -0.25) is 9.59 Å². The van der Waals surface area contributed by atoms with Gasteiger partial charge in [-0.2, -0.15) is 0 Å². The summed E-state index contributed by atoms with van der Waals surface area (Å²) in [5, 5.41) is 3.69. The summed E-state index contributed by atoms with van der Waals surface area (Å²) >= 11 is 0. The highest BCUT2D eigenvalue weighted by atomic mass is 16.5. The van der Waals surface area contributed by atoms with Crippen LogP contribution >= 0.6 is 0 Å². The first kappa shape index (κ1) is 18.5. The van der Waals surface area contributed by atoms with Gasteiger partial charge in [-0.05, 0) is 42.5 Å². The number of Topliss-reactive ketones (excluding diaryl/α,β-unsaturated/α-hetero) is 1. The Morgan fingerprint density at radius 1 is 1.00 bits per heavy atom. The number of aromatic nitrogens is 1. The molecule has 1 N–H and O–H groups in total. The van der Waals surface area contributed by atoms with Crippen molar-refractivity contribution in [3.63, 3.8) is 0 Å². The highest BCUT2D eigenvalue weighted by Crippen LogP contribution is 2.26. The lowest BCUT2D eigenvalue weighted by Crippen LogP contribution is -2.30. The molecule has 0 spiro atoms. The average Bonchev–Trinajstić information content (AvgIpc) is 3.13. The van der Waals surface area contributed by atoms with Crippen molar-refractivity contribution in [1.82, 2.24) is 9.88 Å². The minimum atomic E-state index is -0.165. The summed E-state index contributed by atoms with van der Waals surface area (Å²) in [4.78, 5) is 24.3. The molecule has 0 aliphatic carbocycles. The van der Waals surface area contributed by atoms with Gasteiger partial charge in [0.25, 0.3) is 0 Å². The molecule has 6 heteroatoms. The average molecular weight is 366 g/mol. The molecule has 0 saturated heterocycles. The van der Waals surface area contributed by atoms with E-state index in [1.165, 1.54) is 0 Å². The standard InChI is InChI=1S/C21H22N2O4/c1-26-16-8-6-15(7-9-16)19(24)14-22-21(25)11-13-23-12-10-17-18(23)4-3-5-20(17)27-2/h3-10,12H,11,13-14H2,1-2H3,(H,22,25). The number of carbonyl (C=O) groups is 2. The van der Waals surface area contributed by atoms with Crippen LogP contribution in [0.25, 0.3) is 10.9 Å². The van der Waals surface area contributed by atoms with Gasteiger partial charge in [-0.15, -0.1) is 0 Å². The maximum Gasteiger partial charge on any atom is 0.222 e. The van der Waals surface area contributed by atoms with Crippen molar-refractivity contribution < 1.29 is 19.1 Å². The van der Waals surface area contributed by atoms with Crippen LogP contribution in [0.4, 0.5) is 0 Å². The predicted molar refractivity (Wildman–Crippen MR) is 103 cm³/mol. The molecule has 3 rings (SSSR count). The second kappa shape index (κ2) is 8.40. The third-order valence-electron chi connectivity index (χ3n) is 4.43. The van der Waals surface area contributed by atoms with Gasteiger partial charge in [0.05, 0.1) is 26.3 Å². The fourth-order valence-electron chi connectivity index (χ4n) is 2.94. The summed E-state index contributed by atoms with van der Waals surface area (Å²) in [7, 11) is 3.21. The number of benzene rings is 2. The summed E-state index contributed by atoms with van der Waals surface area (Å²) in [6, 6.07) is 14.6. The van der Waals surface area contributed by atoms with Gasteiger partial charge in [-0.1, -0.05) is 6.07 Å². The summed E-state index contributed by atoms with van der Waals surface area (Å²) in [6.45, 7) is 0.505. The Hall–Kier alpha value is -3.28. The normalized spacial score (nSPS) is 10.6. The molecule has 3 aromatic rings. The topological polar surface area (TPSA) is 69.6 Å². The van der Waals surface area contributed by atoms with E-state index in [2.05, 4.69) is 5.32 Å². The molecule has 27 heavy (non-hydrogen) atoms. The lowest BCUT2D eigenvalue weighted by atomic mass is 10.1. The molecule has 2 aromatic carbocycles. The minimum Gasteiger partial charge on any atom is -0.497 e. The van der Waals surface area contributed by atoms with E-state index in [1.54, 1.807) is 38.5 Å². The van der Waals surface area contributed by atoms with Crippen LogP contribution in [-0.4, -0.2) is 37.0 Å². The summed E-state index contributed by atoms with van der Waals surface area (Å²) in [6.07, 6.45) is 2.22. The van der Waals surface area contributed by atoms with E-state index >= 15 is 0 Å². The van der Waals surface area contributed by atoms with E-state index in [9.17, 15) is 9.59 Å². The Kier molecular flexibility index (Phi) is 5.76. The van der Waals surface area contributed by atoms with Crippen molar-refractivity contribution in [2.24, 2.45) is 0 Å². The molecule has 0 atom stereocenters. The number of carbonyl (C=O) groups excluding carboxylic acids is 2. The quantitative estimate of drug-likeness (QED) is 0.622. The molecule has 0 fully saturated rings. The number of hydrogen-bond acceptors (Lipinski definition) is 4. The number of aryl methyl sites for hydroxylation is 1. The van der Waals surface area contributed by atoms with E-state index < -0.39 is 0 Å². The summed E-state index contributed by atoms with van der Waals surface area (Å²) < 4.78 is 12.4. The van der Waals surface area contributed by atoms with E-state index in [-0.39, 0.29) is 24.7 Å². The number of rotatable bonds is 8. The molecule has 1 amide bonds. The van der Waals surface area contributed by atoms with Gasteiger partial charge in [-0.25, -0.2) is 0 Å². The van der Waals surface area contributed by atoms with Crippen LogP contribution in [0, 0.1) is 0 Å². The van der Waals surface area contributed by atoms with Gasteiger partial charge >= 0.3 is 0 Å². The van der Waals surface area contributed by atoms with Crippen molar-refractivity contribution in [3.05, 3.63) is 60.3 Å². The second-order valence-corrected chi connectivity index (χ2v) is 6.08. The Labute approximate surface area is 157 Å². The molecule has 1 aromatic heterocycles. The molecular formula is C21H22N2O4. The maximum absolute atomic E-state index is 12.2. The monoisotopic (exact) mass is 366 g/mol. The van der Waals surface area contributed by atoms with Gasteiger partial charge in [0.1, 0.15) is 11.5 Å². The highest BCUT2D eigenvalue weighted by molar-refractivity contribution is 5.99. The number of amides is 1. The molecule has 1 heterocycles. The third kappa shape index (κ3) is 4.28. The number of ketones is 1. The Morgan fingerprint density at radius 3 is 2.48 bits per heavy atom. The van der Waals surface area contributed by atoms with Crippen molar-refractivity contribution in [3.8, 4) is 11.5 Å². The fourth-order valence-corrected chi connectivity index (χ4v) is 2.94. The first-order valence-electron chi connectivity index (χ1n) is 8.68. The number of nitrogens with zero attached hydrogens (tertiary/aromatic N) is 1. The van der Waals surface area contributed by atoms with Gasteiger partial charge < -0.3 is 19.4 Å². The number of fused-ring (bicyclic) bond motifs is 1. The Bertz CT molecular complexity index is 944. The number of ether oxygens (including phenoxy) is 2. The van der Waals surface area contributed by atoms with E-state index in [4.69, 9.17) is 9.47 Å². The largest absolute Gasteiger partial charge is 0.497 e. The second-order valence-electron chi connectivity index (χ2n) is 6.08. The lowest BCUT2D eigenvalue weighted by Gasteiger charge is -2.08. The highest BCUT2D eigenvalue weighted by Gasteiger charge is 2.10. The van der Waals surface area contributed by atoms with Gasteiger partial charge in [0.15, 0.2) is 5.78 Å². The van der Waals surface area contributed by atoms with Gasteiger partial charge in [0.2, 0.25) is 5.91 Å². The molecule has 0 bridgehead atoms. The number of nitrogens with one attached hydrogen (secondary N) is 1. The number of hydrogen-bond donors (Lipinski definition) is 1. The van der Waals surface area contributed by atoms with Crippen LogP contribution in [0.15, 0.2) is 54.7 Å². The zero-order valence-electron chi connectivity index (χ0n) is 15.4. The lowest BCUT2D eigenvalue weighted by molar-refractivity contribution is -0.121. The zero-order chi connectivity index (χ0) is 19.2. The van der Waals surface area contributed by atoms with E-state index in [0.29, 0.717) is 17.9 Å². The Balaban J connectivity index is 1.53. The zero-order valence-corrected chi connectivity index (χ0v) is 15.4. The first-order chi connectivity index (χ1) is 13.1. The van der Waals surface area contributed by atoms with Crippen LogP contribution < -0.4 is 14.8 Å². The summed E-state index contributed by atoms with van der Waals surface area (Å²) in [5.74, 6) is 1.19. The minimum absolute atomic E-state index is 0.0224. The maximum atomic E-state index is 12.2. The molecule has 0 saturated carbocycles. The molecule has 140 valence electrons. The Morgan fingerprint density at radius 2 is 1.78 bits per heavy atom. The van der Waals surface area contributed by atoms with Crippen LogP contribution in [0.2, 0.25) is 0 Å². The molecular weight excluding hydrogens is 344 g/mol. The first-order valence-corrected chi connectivity index (χ1v) is 8.68. The molecule has 0 unspecified atom stereocenters. The van der Waals surface area contributed by atoms with Gasteiger partial charge in [0, 0.05) is 30.1 Å². The van der Waals surface area contributed by atoms with Crippen molar-refractivity contribution in [1.29, 1.82) is 0 Å². The molecule has 0 aliphatic rings. The smallest absolute Gasteiger partial charge is 0.222 e. The van der Waals surface area contributed by atoms with Crippen LogP contribution in [0.1, 0.15) is 16.8 Å². The van der Waals surface area contributed by atoms with E-state index in [1.807, 2.05) is 35.0 Å². The predicted octanol–water partition coefficient (Wildman–Crippen LogP) is 3.05. The third-order valence-corrected chi connectivity index (χ3v) is 4.43. The fraction of sp³-hybridized carbons (Fsp3) is 0.238. The SMILES string of the molecule is COc1ccc(C(=O)CNC(=O)CCn2ccc3c(OC)cccc32)cc1.